The number of carbonyl (C=O) groups is 2. The van der Waals surface area contributed by atoms with Crippen molar-refractivity contribution in [3.8, 4) is 0 Å². The van der Waals surface area contributed by atoms with Gasteiger partial charge in [-0.15, -0.1) is 0 Å². The van der Waals surface area contributed by atoms with Gasteiger partial charge in [-0.2, -0.15) is 5.10 Å². The number of nitrogens with zero attached hydrogens (tertiary/aromatic N) is 2. The highest BCUT2D eigenvalue weighted by Gasteiger charge is 2.17. The van der Waals surface area contributed by atoms with Gasteiger partial charge in [0.1, 0.15) is 5.82 Å². The molecule has 0 radical (unpaired) electrons. The number of amides is 1. The molecule has 0 spiro atoms. The minimum atomic E-state index is -1.18. The van der Waals surface area contributed by atoms with Crippen LogP contribution in [0.25, 0.3) is 0 Å². The molecule has 2 rings (SSSR count). The van der Waals surface area contributed by atoms with Crippen LogP contribution in [0.5, 0.6) is 0 Å². The number of aromatic carboxylic acids is 1. The van der Waals surface area contributed by atoms with E-state index < -0.39 is 17.7 Å². The molecule has 0 saturated carbocycles. The quantitative estimate of drug-likeness (QED) is 0.840. The van der Waals surface area contributed by atoms with E-state index in [4.69, 9.17) is 5.11 Å². The number of hydrogen-bond acceptors (Lipinski definition) is 3. The van der Waals surface area contributed by atoms with E-state index in [2.05, 4.69) is 24.3 Å². The molecule has 0 saturated heterocycles. The predicted molar refractivity (Wildman–Crippen MR) is 92.2 cm³/mol. The lowest BCUT2D eigenvalue weighted by Crippen LogP contribution is -2.17. The van der Waals surface area contributed by atoms with Gasteiger partial charge < -0.3 is 10.4 Å². The lowest BCUT2D eigenvalue weighted by Gasteiger charge is -2.09. The summed E-state index contributed by atoms with van der Waals surface area (Å²) in [5.41, 5.74) is 2.23. The van der Waals surface area contributed by atoms with Gasteiger partial charge in [0, 0.05) is 17.8 Å². The molecule has 2 aromatic rings. The number of carboxylic acids is 1. The lowest BCUT2D eigenvalue weighted by atomic mass is 10.1. The van der Waals surface area contributed by atoms with E-state index >= 15 is 0 Å². The van der Waals surface area contributed by atoms with Gasteiger partial charge in [0.05, 0.1) is 23.4 Å². The minimum absolute atomic E-state index is 0.0481. The van der Waals surface area contributed by atoms with Crippen LogP contribution in [-0.2, 0) is 17.8 Å². The van der Waals surface area contributed by atoms with Crippen LogP contribution in [0.2, 0.25) is 0 Å². The van der Waals surface area contributed by atoms with Crippen molar-refractivity contribution in [1.82, 2.24) is 9.78 Å². The normalized spacial score (nSPS) is 11.0. The van der Waals surface area contributed by atoms with Crippen molar-refractivity contribution in [2.75, 3.05) is 5.32 Å². The minimum Gasteiger partial charge on any atom is -0.478 e. The van der Waals surface area contributed by atoms with Gasteiger partial charge in [0.25, 0.3) is 0 Å². The first-order valence-corrected chi connectivity index (χ1v) is 8.04. The molecule has 25 heavy (non-hydrogen) atoms. The van der Waals surface area contributed by atoms with E-state index in [1.807, 2.05) is 18.5 Å². The molecule has 1 aromatic heterocycles. The predicted octanol–water partition coefficient (Wildman–Crippen LogP) is 3.17. The van der Waals surface area contributed by atoms with E-state index in [0.29, 0.717) is 5.92 Å². The van der Waals surface area contributed by atoms with Crippen LogP contribution in [0.15, 0.2) is 18.2 Å². The van der Waals surface area contributed by atoms with Gasteiger partial charge in [-0.1, -0.05) is 13.8 Å². The smallest absolute Gasteiger partial charge is 0.335 e. The highest BCUT2D eigenvalue weighted by Crippen LogP contribution is 2.19. The third kappa shape index (κ3) is 4.43. The maximum Gasteiger partial charge on any atom is 0.335 e. The summed E-state index contributed by atoms with van der Waals surface area (Å²) < 4.78 is 15.7. The Hall–Kier alpha value is -2.70. The van der Waals surface area contributed by atoms with Gasteiger partial charge in [0.2, 0.25) is 5.91 Å². The Kier molecular flexibility index (Phi) is 5.56. The van der Waals surface area contributed by atoms with E-state index in [1.54, 1.807) is 0 Å². The van der Waals surface area contributed by atoms with E-state index in [0.717, 1.165) is 41.7 Å². The van der Waals surface area contributed by atoms with Crippen LogP contribution in [0.4, 0.5) is 10.1 Å². The Labute approximate surface area is 145 Å². The number of aryl methyl sites for hydroxylation is 1. The van der Waals surface area contributed by atoms with E-state index in [9.17, 15) is 14.0 Å². The van der Waals surface area contributed by atoms with Gasteiger partial charge in [0.15, 0.2) is 0 Å². The third-order valence-electron chi connectivity index (χ3n) is 3.89. The van der Waals surface area contributed by atoms with Gasteiger partial charge in [-0.3, -0.25) is 9.48 Å². The average molecular weight is 347 g/mol. The fourth-order valence-corrected chi connectivity index (χ4v) is 2.62. The third-order valence-corrected chi connectivity index (χ3v) is 3.89. The molecule has 2 N–H and O–H groups in total. The first-order valence-electron chi connectivity index (χ1n) is 8.04. The summed E-state index contributed by atoms with van der Waals surface area (Å²) in [5.74, 6) is -1.86. The molecule has 0 aliphatic heterocycles. The number of benzene rings is 1. The first kappa shape index (κ1) is 18.6. The number of rotatable bonds is 6. The van der Waals surface area contributed by atoms with Crippen LogP contribution in [0.1, 0.15) is 41.2 Å². The standard InChI is InChI=1S/C18H22FN3O3/c1-10(2)9-22-12(4)14(11(3)21-22)8-17(23)20-16-7-13(18(24)25)5-6-15(16)19/h5-7,10H,8-9H2,1-4H3,(H,20,23)(H,24,25). The second-order valence-corrected chi connectivity index (χ2v) is 6.45. The molecule has 6 nitrogen and oxygen atoms in total. The summed E-state index contributed by atoms with van der Waals surface area (Å²) in [6, 6.07) is 3.28. The van der Waals surface area contributed by atoms with E-state index in [-0.39, 0.29) is 17.7 Å². The summed E-state index contributed by atoms with van der Waals surface area (Å²) in [6.45, 7) is 8.65. The zero-order valence-electron chi connectivity index (χ0n) is 14.8. The Morgan fingerprint density at radius 1 is 1.32 bits per heavy atom. The molecule has 134 valence electrons. The van der Waals surface area contributed by atoms with Crippen molar-refractivity contribution in [2.24, 2.45) is 5.92 Å². The summed E-state index contributed by atoms with van der Waals surface area (Å²) >= 11 is 0. The van der Waals surface area contributed by atoms with Crippen molar-refractivity contribution in [2.45, 2.75) is 40.7 Å². The number of hydrogen-bond donors (Lipinski definition) is 2. The van der Waals surface area contributed by atoms with Crippen LogP contribution < -0.4 is 5.32 Å². The zero-order valence-corrected chi connectivity index (χ0v) is 14.8. The Morgan fingerprint density at radius 2 is 2.00 bits per heavy atom. The Balaban J connectivity index is 2.17. The van der Waals surface area contributed by atoms with Crippen LogP contribution in [0, 0.1) is 25.6 Å². The number of aromatic nitrogens is 2. The van der Waals surface area contributed by atoms with E-state index in [1.165, 1.54) is 0 Å². The van der Waals surface area contributed by atoms with Crippen molar-refractivity contribution < 1.29 is 19.1 Å². The number of carbonyl (C=O) groups excluding carboxylic acids is 1. The fourth-order valence-electron chi connectivity index (χ4n) is 2.62. The SMILES string of the molecule is Cc1nn(CC(C)C)c(C)c1CC(=O)Nc1cc(C(=O)O)ccc1F. The van der Waals surface area contributed by atoms with Crippen LogP contribution in [0.3, 0.4) is 0 Å². The maximum atomic E-state index is 13.8. The molecule has 0 unspecified atom stereocenters. The molecule has 1 aromatic carbocycles. The van der Waals surface area contributed by atoms with Gasteiger partial charge in [-0.25, -0.2) is 9.18 Å². The number of carboxylic acid groups (broad SMARTS) is 1. The maximum absolute atomic E-state index is 13.8. The monoisotopic (exact) mass is 347 g/mol. The molecule has 0 atom stereocenters. The Morgan fingerprint density at radius 3 is 2.60 bits per heavy atom. The highest BCUT2D eigenvalue weighted by molar-refractivity contribution is 5.95. The summed E-state index contributed by atoms with van der Waals surface area (Å²) in [7, 11) is 0. The van der Waals surface area contributed by atoms with Crippen molar-refractivity contribution in [1.29, 1.82) is 0 Å². The molecule has 0 aliphatic rings. The number of halogens is 1. The molecular formula is C18H22FN3O3. The largest absolute Gasteiger partial charge is 0.478 e. The lowest BCUT2D eigenvalue weighted by molar-refractivity contribution is -0.115. The number of nitrogens with one attached hydrogen (secondary N) is 1. The first-order chi connectivity index (χ1) is 11.7. The molecule has 0 bridgehead atoms. The zero-order chi connectivity index (χ0) is 18.7. The summed E-state index contributed by atoms with van der Waals surface area (Å²) in [5, 5.41) is 15.9. The summed E-state index contributed by atoms with van der Waals surface area (Å²) in [4.78, 5) is 23.3. The van der Waals surface area contributed by atoms with Crippen molar-refractivity contribution in [3.05, 3.63) is 46.5 Å². The van der Waals surface area contributed by atoms with Gasteiger partial charge >= 0.3 is 5.97 Å². The average Bonchev–Trinajstić information content (AvgIpc) is 2.76. The molecule has 0 aliphatic carbocycles. The molecular weight excluding hydrogens is 325 g/mol. The molecule has 7 heteroatoms. The fraction of sp³-hybridized carbons (Fsp3) is 0.389. The van der Waals surface area contributed by atoms with Gasteiger partial charge in [-0.05, 0) is 38.0 Å². The van der Waals surface area contributed by atoms with Crippen LogP contribution >= 0.6 is 0 Å². The Bertz CT molecular complexity index is 812. The topological polar surface area (TPSA) is 84.2 Å². The second-order valence-electron chi connectivity index (χ2n) is 6.45. The van der Waals surface area contributed by atoms with Crippen LogP contribution in [-0.4, -0.2) is 26.8 Å². The number of anilines is 1. The van der Waals surface area contributed by atoms with Crippen molar-refractivity contribution in [3.63, 3.8) is 0 Å². The molecule has 1 amide bonds. The molecule has 1 heterocycles. The molecule has 0 fully saturated rings. The summed E-state index contributed by atoms with van der Waals surface area (Å²) in [6.07, 6.45) is 0.0481. The van der Waals surface area contributed by atoms with Crippen molar-refractivity contribution >= 4 is 17.6 Å². The highest BCUT2D eigenvalue weighted by atomic mass is 19.1. The second kappa shape index (κ2) is 7.46.